The van der Waals surface area contributed by atoms with Crippen LogP contribution in [-0.4, -0.2) is 51.3 Å². The highest BCUT2D eigenvalue weighted by molar-refractivity contribution is 6.32. The second-order valence-electron chi connectivity index (χ2n) is 10.4. The van der Waals surface area contributed by atoms with Crippen molar-refractivity contribution in [2.75, 3.05) is 14.2 Å². The number of ether oxygens (including phenoxy) is 3. The number of carbonyl (C=O) groups excluding carboxylic acids is 2. The molecule has 206 valence electrons. The van der Waals surface area contributed by atoms with Gasteiger partial charge in [-0.25, -0.2) is 4.98 Å². The first-order valence-electron chi connectivity index (χ1n) is 13.3. The maximum atomic E-state index is 13.6. The van der Waals surface area contributed by atoms with Crippen molar-refractivity contribution >= 4 is 23.4 Å². The van der Waals surface area contributed by atoms with Crippen LogP contribution in [0.15, 0.2) is 36.5 Å². The molecule has 5 rings (SSSR count). The third kappa shape index (κ3) is 5.50. The fourth-order valence-electron chi connectivity index (χ4n) is 5.92. The van der Waals surface area contributed by atoms with Crippen molar-refractivity contribution in [3.05, 3.63) is 52.9 Å². The van der Waals surface area contributed by atoms with Gasteiger partial charge in [-0.05, 0) is 55.4 Å². The molecule has 2 fully saturated rings. The zero-order chi connectivity index (χ0) is 27.6. The summed E-state index contributed by atoms with van der Waals surface area (Å²) >= 11 is 6.40. The number of hydrogen-bond acceptors (Lipinski definition) is 8. The Bertz CT molecular complexity index is 1340. The molecule has 9 nitrogen and oxygen atoms in total. The molecule has 3 aromatic rings. The Kier molecular flexibility index (Phi) is 7.88. The van der Waals surface area contributed by atoms with Crippen LogP contribution in [0.3, 0.4) is 0 Å². The summed E-state index contributed by atoms with van der Waals surface area (Å²) in [4.78, 5) is 35.9. The van der Waals surface area contributed by atoms with Crippen LogP contribution >= 0.6 is 11.6 Å². The third-order valence-electron chi connectivity index (χ3n) is 8.06. The zero-order valence-electron chi connectivity index (χ0n) is 22.5. The summed E-state index contributed by atoms with van der Waals surface area (Å²) in [6.45, 7) is 0. The lowest BCUT2D eigenvalue weighted by Gasteiger charge is -2.43. The lowest BCUT2D eigenvalue weighted by Crippen LogP contribution is -2.52. The molecule has 3 heterocycles. The van der Waals surface area contributed by atoms with Gasteiger partial charge in [-0.15, -0.1) is 5.10 Å². The van der Waals surface area contributed by atoms with Gasteiger partial charge in [0, 0.05) is 32.2 Å². The number of rotatable bonds is 9. The molecule has 0 amide bonds. The molecule has 0 radical (unpaired) electrons. The highest BCUT2D eigenvalue weighted by Crippen LogP contribution is 2.46. The van der Waals surface area contributed by atoms with E-state index in [0.717, 1.165) is 31.2 Å². The lowest BCUT2D eigenvalue weighted by molar-refractivity contribution is -0.185. The number of aromatic nitrogens is 4. The van der Waals surface area contributed by atoms with E-state index in [1.165, 1.54) is 0 Å². The quantitative estimate of drug-likeness (QED) is 0.276. The topological polar surface area (TPSA) is 105 Å². The number of halogens is 1. The Labute approximate surface area is 232 Å². The highest BCUT2D eigenvalue weighted by atomic mass is 35.5. The number of pyridine rings is 1. The summed E-state index contributed by atoms with van der Waals surface area (Å²) in [5, 5.41) is 4.92. The molecular weight excluding hydrogens is 520 g/mol. The number of hydrogen-bond donors (Lipinski definition) is 0. The fourth-order valence-corrected chi connectivity index (χ4v) is 6.19. The molecule has 0 spiro atoms. The van der Waals surface area contributed by atoms with Crippen LogP contribution in [0.5, 0.6) is 11.5 Å². The van der Waals surface area contributed by atoms with Gasteiger partial charge in [0.05, 0.1) is 19.2 Å². The van der Waals surface area contributed by atoms with Crippen molar-refractivity contribution in [2.45, 2.75) is 57.0 Å². The van der Waals surface area contributed by atoms with Crippen LogP contribution in [0.2, 0.25) is 5.02 Å². The van der Waals surface area contributed by atoms with Gasteiger partial charge in [-0.2, -0.15) is 0 Å². The van der Waals surface area contributed by atoms with Gasteiger partial charge in [0.25, 0.3) is 0 Å². The number of ketones is 1. The summed E-state index contributed by atoms with van der Waals surface area (Å²) in [6, 6.07) is 9.08. The molecule has 39 heavy (non-hydrogen) atoms. The van der Waals surface area contributed by atoms with Gasteiger partial charge < -0.3 is 14.2 Å². The summed E-state index contributed by atoms with van der Waals surface area (Å²) in [5.41, 5.74) is 0.663. The van der Waals surface area contributed by atoms with Gasteiger partial charge in [0.2, 0.25) is 0 Å². The van der Waals surface area contributed by atoms with E-state index in [1.807, 2.05) is 24.3 Å². The lowest BCUT2D eigenvalue weighted by atomic mass is 9.73. The Morgan fingerprint density at radius 2 is 1.90 bits per heavy atom. The van der Waals surface area contributed by atoms with Crippen LogP contribution in [0.4, 0.5) is 0 Å². The molecule has 2 aliphatic rings. The Morgan fingerprint density at radius 1 is 1.13 bits per heavy atom. The van der Waals surface area contributed by atoms with E-state index < -0.39 is 17.5 Å². The number of methoxy groups -OCH3 is 2. The van der Waals surface area contributed by atoms with E-state index in [0.29, 0.717) is 46.7 Å². The first-order chi connectivity index (χ1) is 18.8. The number of Topliss-reactive ketones (excluding diaryl/α,β-unsaturated/α-hetero) is 1. The van der Waals surface area contributed by atoms with Gasteiger partial charge >= 0.3 is 5.97 Å². The van der Waals surface area contributed by atoms with E-state index in [-0.39, 0.29) is 24.5 Å². The fraction of sp³-hybridized carbons (Fsp3) is 0.483. The van der Waals surface area contributed by atoms with Crippen molar-refractivity contribution in [3.63, 3.8) is 0 Å². The van der Waals surface area contributed by atoms with Crippen LogP contribution < -0.4 is 9.47 Å². The summed E-state index contributed by atoms with van der Waals surface area (Å²) < 4.78 is 18.8. The van der Waals surface area contributed by atoms with Crippen LogP contribution in [-0.2, 0) is 34.2 Å². The predicted octanol–water partition coefficient (Wildman–Crippen LogP) is 4.78. The predicted molar refractivity (Wildman–Crippen MR) is 145 cm³/mol. The highest BCUT2D eigenvalue weighted by Gasteiger charge is 2.51. The van der Waals surface area contributed by atoms with E-state index in [4.69, 9.17) is 25.8 Å². The van der Waals surface area contributed by atoms with Crippen LogP contribution in [0, 0.1) is 11.8 Å². The first-order valence-corrected chi connectivity index (χ1v) is 13.7. The minimum absolute atomic E-state index is 0.111. The zero-order valence-corrected chi connectivity index (χ0v) is 23.2. The Hall–Kier alpha value is -3.46. The van der Waals surface area contributed by atoms with E-state index in [1.54, 1.807) is 38.2 Å². The van der Waals surface area contributed by atoms with Crippen molar-refractivity contribution in [3.8, 4) is 23.0 Å². The smallest absolute Gasteiger partial charge is 0.317 e. The van der Waals surface area contributed by atoms with E-state index in [9.17, 15) is 9.59 Å². The largest absolute Gasteiger partial charge is 0.496 e. The van der Waals surface area contributed by atoms with Gasteiger partial charge in [0.15, 0.2) is 11.6 Å². The molecule has 2 unspecified atom stereocenters. The van der Waals surface area contributed by atoms with Crippen molar-refractivity contribution in [2.24, 2.45) is 18.9 Å². The molecule has 1 aliphatic carbocycles. The maximum absolute atomic E-state index is 13.6. The van der Waals surface area contributed by atoms with Crippen LogP contribution in [0.25, 0.3) is 11.5 Å². The third-order valence-corrected chi connectivity index (χ3v) is 8.35. The number of nitrogens with zero attached hydrogens (tertiary/aromatic N) is 4. The molecule has 2 atom stereocenters. The number of aryl methyl sites for hydroxylation is 2. The number of carbonyl (C=O) groups is 2. The van der Waals surface area contributed by atoms with Crippen LogP contribution in [0.1, 0.15) is 49.9 Å². The second kappa shape index (κ2) is 11.3. The average Bonchev–Trinajstić information content (AvgIpc) is 3.61. The first kappa shape index (κ1) is 27.1. The van der Waals surface area contributed by atoms with Crippen molar-refractivity contribution < 1.29 is 23.8 Å². The van der Waals surface area contributed by atoms with Gasteiger partial charge in [0.1, 0.15) is 34.5 Å². The van der Waals surface area contributed by atoms with Gasteiger partial charge in [-0.1, -0.05) is 30.5 Å². The maximum Gasteiger partial charge on any atom is 0.317 e. The Morgan fingerprint density at radius 3 is 2.56 bits per heavy atom. The molecule has 1 saturated heterocycles. The van der Waals surface area contributed by atoms with E-state index in [2.05, 4.69) is 15.1 Å². The summed E-state index contributed by atoms with van der Waals surface area (Å²) in [5.74, 6) is 0.797. The van der Waals surface area contributed by atoms with E-state index >= 15 is 0 Å². The molecule has 1 saturated carbocycles. The molecular formula is C29H33ClN4O5. The minimum atomic E-state index is -0.913. The summed E-state index contributed by atoms with van der Waals surface area (Å²) in [7, 11) is 4.91. The molecule has 10 heteroatoms. The minimum Gasteiger partial charge on any atom is -0.496 e. The average molecular weight is 553 g/mol. The second-order valence-corrected chi connectivity index (χ2v) is 10.8. The standard InChI is InChI=1S/C29H33ClN4O5/c1-34-26(32-27(33-34)22-10-6-7-13-31-22)15-20-23(35)17-29(39-28(20)36,19-8-4-5-9-19)12-11-18-14-21(30)25(38-3)16-24(18)37-2/h6-7,10,13-14,16,19-20H,4-5,8-9,11-12,15,17H2,1-3H3. The van der Waals surface area contributed by atoms with Gasteiger partial charge in [-0.3, -0.25) is 19.3 Å². The Balaban J connectivity index is 1.36. The monoisotopic (exact) mass is 552 g/mol. The number of esters is 1. The molecule has 0 bridgehead atoms. The molecule has 2 aromatic heterocycles. The molecule has 1 aliphatic heterocycles. The van der Waals surface area contributed by atoms with Crippen molar-refractivity contribution in [1.82, 2.24) is 19.7 Å². The van der Waals surface area contributed by atoms with Crippen molar-refractivity contribution in [1.29, 1.82) is 0 Å². The molecule has 1 aromatic carbocycles. The normalized spacial score (nSPS) is 21.7. The number of benzene rings is 1. The SMILES string of the molecule is COc1cc(OC)c(CCC2(C3CCCC3)CC(=O)C(Cc3nc(-c4ccccn4)nn3C)C(=O)O2)cc1Cl. The molecule has 0 N–H and O–H groups in total. The summed E-state index contributed by atoms with van der Waals surface area (Å²) in [6.07, 6.45) is 7.04. The number of cyclic esters (lactones) is 1.